The van der Waals surface area contributed by atoms with Crippen LogP contribution >= 0.6 is 11.8 Å². The molecule has 4 rings (SSSR count). The second-order valence-electron chi connectivity index (χ2n) is 7.20. The van der Waals surface area contributed by atoms with Gasteiger partial charge in [0.15, 0.2) is 5.16 Å². The van der Waals surface area contributed by atoms with Crippen LogP contribution in [-0.2, 0) is 11.3 Å². The minimum atomic E-state index is 0.0932. The Bertz CT molecular complexity index is 801. The van der Waals surface area contributed by atoms with Crippen molar-refractivity contribution in [1.82, 2.24) is 20.1 Å². The van der Waals surface area contributed by atoms with Crippen LogP contribution in [-0.4, -0.2) is 45.6 Å². The van der Waals surface area contributed by atoms with Crippen molar-refractivity contribution in [3.8, 4) is 5.75 Å². The van der Waals surface area contributed by atoms with Crippen molar-refractivity contribution in [1.29, 1.82) is 0 Å². The van der Waals surface area contributed by atoms with E-state index in [9.17, 15) is 4.79 Å². The first kappa shape index (κ1) is 19.1. The summed E-state index contributed by atoms with van der Waals surface area (Å²) in [6, 6.07) is 8.38. The van der Waals surface area contributed by atoms with E-state index in [2.05, 4.69) is 25.0 Å². The van der Waals surface area contributed by atoms with E-state index >= 15 is 0 Å². The molecule has 0 saturated heterocycles. The molecule has 1 fully saturated rings. The topological polar surface area (TPSA) is 72.3 Å². The van der Waals surface area contributed by atoms with E-state index in [0.29, 0.717) is 18.4 Å². The number of hydrogen-bond acceptors (Lipinski definition) is 6. The molecular formula is C20H27N5O2S. The summed E-state index contributed by atoms with van der Waals surface area (Å²) in [6.07, 6.45) is 5.94. The lowest BCUT2D eigenvalue weighted by Crippen LogP contribution is -2.37. The summed E-state index contributed by atoms with van der Waals surface area (Å²) in [5, 5.41) is 12.6. The zero-order valence-corrected chi connectivity index (χ0v) is 17.1. The summed E-state index contributed by atoms with van der Waals surface area (Å²) < 4.78 is 7.61. The Kier molecular flexibility index (Phi) is 6.04. The number of thioether (sulfide) groups is 1. The average molecular weight is 402 g/mol. The lowest BCUT2D eigenvalue weighted by Gasteiger charge is -2.22. The van der Waals surface area contributed by atoms with Crippen molar-refractivity contribution >= 4 is 29.3 Å². The third-order valence-electron chi connectivity index (χ3n) is 5.25. The van der Waals surface area contributed by atoms with Crippen LogP contribution in [0.25, 0.3) is 0 Å². The molecule has 0 bridgehead atoms. The number of aromatic nitrogens is 3. The summed E-state index contributed by atoms with van der Waals surface area (Å²) in [5.74, 6) is 2.18. The van der Waals surface area contributed by atoms with E-state index in [1.165, 1.54) is 31.0 Å². The maximum absolute atomic E-state index is 12.3. The quantitative estimate of drug-likeness (QED) is 0.717. The van der Waals surface area contributed by atoms with Crippen LogP contribution in [0.1, 0.15) is 39.0 Å². The normalized spacial score (nSPS) is 16.8. The van der Waals surface area contributed by atoms with Crippen LogP contribution in [0.5, 0.6) is 5.75 Å². The first-order valence-corrected chi connectivity index (χ1v) is 11.1. The smallest absolute Gasteiger partial charge is 0.232 e. The summed E-state index contributed by atoms with van der Waals surface area (Å²) >= 11 is 1.47. The molecule has 2 heterocycles. The van der Waals surface area contributed by atoms with Crippen LogP contribution < -0.4 is 15.0 Å². The molecule has 28 heavy (non-hydrogen) atoms. The van der Waals surface area contributed by atoms with Gasteiger partial charge in [-0.25, -0.2) is 0 Å². The monoisotopic (exact) mass is 401 g/mol. The molecule has 1 aliphatic carbocycles. The van der Waals surface area contributed by atoms with Crippen LogP contribution in [0.4, 0.5) is 11.6 Å². The second kappa shape index (κ2) is 8.86. The average Bonchev–Trinajstić information content (AvgIpc) is 3.30. The largest absolute Gasteiger partial charge is 0.494 e. The Morgan fingerprint density at radius 3 is 2.71 bits per heavy atom. The Hall–Kier alpha value is -2.22. The molecule has 0 spiro atoms. The number of rotatable bonds is 7. The number of ether oxygens (including phenoxy) is 1. The van der Waals surface area contributed by atoms with Crippen molar-refractivity contribution in [2.75, 3.05) is 23.8 Å². The first-order valence-electron chi connectivity index (χ1n) is 10.1. The van der Waals surface area contributed by atoms with Gasteiger partial charge in [-0.2, -0.15) is 0 Å². The standard InChI is InChI=1S/C20H27N5O2S/c1-2-27-17-10-8-16(9-11-17)24-12-13-25-19(24)22-23-20(25)28-14-18(26)21-15-6-4-3-5-7-15/h8-11,15H,2-7,12-14H2,1H3,(H,21,26). The van der Waals surface area contributed by atoms with Gasteiger partial charge in [0.25, 0.3) is 0 Å². The molecule has 0 unspecified atom stereocenters. The Balaban J connectivity index is 1.35. The predicted molar refractivity (Wildman–Crippen MR) is 110 cm³/mol. The van der Waals surface area contributed by atoms with Gasteiger partial charge < -0.3 is 15.0 Å². The van der Waals surface area contributed by atoms with E-state index in [-0.39, 0.29) is 5.91 Å². The van der Waals surface area contributed by atoms with E-state index in [1.807, 2.05) is 31.2 Å². The maximum atomic E-state index is 12.3. The van der Waals surface area contributed by atoms with Gasteiger partial charge in [0.2, 0.25) is 11.9 Å². The zero-order chi connectivity index (χ0) is 19.3. The second-order valence-corrected chi connectivity index (χ2v) is 8.15. The number of amides is 1. The van der Waals surface area contributed by atoms with Crippen molar-refractivity contribution in [3.63, 3.8) is 0 Å². The Labute approximate surface area is 169 Å². The lowest BCUT2D eigenvalue weighted by atomic mass is 9.95. The van der Waals surface area contributed by atoms with E-state index in [0.717, 1.165) is 48.5 Å². The Morgan fingerprint density at radius 1 is 1.18 bits per heavy atom. The Morgan fingerprint density at radius 2 is 1.96 bits per heavy atom. The molecule has 1 N–H and O–H groups in total. The molecule has 150 valence electrons. The van der Waals surface area contributed by atoms with E-state index < -0.39 is 0 Å². The molecular weight excluding hydrogens is 374 g/mol. The van der Waals surface area contributed by atoms with Gasteiger partial charge in [-0.05, 0) is 44.0 Å². The number of benzene rings is 1. The molecule has 7 nitrogen and oxygen atoms in total. The van der Waals surface area contributed by atoms with Crippen LogP contribution in [0.15, 0.2) is 29.4 Å². The molecule has 1 saturated carbocycles. The van der Waals surface area contributed by atoms with Crippen LogP contribution in [0, 0.1) is 0 Å². The fourth-order valence-corrected chi connectivity index (χ4v) is 4.63. The summed E-state index contributed by atoms with van der Waals surface area (Å²) in [6.45, 7) is 4.31. The van der Waals surface area contributed by atoms with Crippen molar-refractivity contribution in [2.45, 2.75) is 56.8 Å². The zero-order valence-electron chi connectivity index (χ0n) is 16.3. The number of anilines is 2. The molecule has 1 aromatic carbocycles. The molecule has 1 aliphatic heterocycles. The highest BCUT2D eigenvalue weighted by molar-refractivity contribution is 7.99. The third-order valence-corrected chi connectivity index (χ3v) is 6.21. The van der Waals surface area contributed by atoms with Gasteiger partial charge in [-0.3, -0.25) is 9.36 Å². The molecule has 0 atom stereocenters. The van der Waals surface area contributed by atoms with Crippen molar-refractivity contribution < 1.29 is 9.53 Å². The van der Waals surface area contributed by atoms with E-state index in [4.69, 9.17) is 4.74 Å². The maximum Gasteiger partial charge on any atom is 0.232 e. The van der Waals surface area contributed by atoms with Gasteiger partial charge in [0.05, 0.1) is 12.4 Å². The number of nitrogens with zero attached hydrogens (tertiary/aromatic N) is 4. The van der Waals surface area contributed by atoms with Gasteiger partial charge in [-0.15, -0.1) is 10.2 Å². The van der Waals surface area contributed by atoms with Crippen LogP contribution in [0.3, 0.4) is 0 Å². The molecule has 1 amide bonds. The number of carbonyl (C=O) groups excluding carboxylic acids is 1. The van der Waals surface area contributed by atoms with Crippen LogP contribution in [0.2, 0.25) is 0 Å². The summed E-state index contributed by atoms with van der Waals surface area (Å²) in [7, 11) is 0. The number of nitrogens with one attached hydrogen (secondary N) is 1. The molecule has 2 aliphatic rings. The molecule has 2 aromatic rings. The predicted octanol–water partition coefficient (Wildman–Crippen LogP) is 3.37. The minimum absolute atomic E-state index is 0.0932. The fraction of sp³-hybridized carbons (Fsp3) is 0.550. The summed E-state index contributed by atoms with van der Waals surface area (Å²) in [5.41, 5.74) is 1.07. The van der Waals surface area contributed by atoms with Gasteiger partial charge in [0, 0.05) is 24.8 Å². The highest BCUT2D eigenvalue weighted by Crippen LogP contribution is 2.32. The number of hydrogen-bond donors (Lipinski definition) is 1. The summed E-state index contributed by atoms with van der Waals surface area (Å²) in [4.78, 5) is 14.4. The van der Waals surface area contributed by atoms with Crippen molar-refractivity contribution in [3.05, 3.63) is 24.3 Å². The highest BCUT2D eigenvalue weighted by Gasteiger charge is 2.26. The number of fused-ring (bicyclic) bond motifs is 1. The van der Waals surface area contributed by atoms with E-state index in [1.54, 1.807) is 0 Å². The number of carbonyl (C=O) groups is 1. The molecule has 8 heteroatoms. The molecule has 0 radical (unpaired) electrons. The van der Waals surface area contributed by atoms with Crippen molar-refractivity contribution in [2.24, 2.45) is 0 Å². The minimum Gasteiger partial charge on any atom is -0.494 e. The third kappa shape index (κ3) is 4.27. The van der Waals surface area contributed by atoms with Gasteiger partial charge in [0.1, 0.15) is 5.75 Å². The highest BCUT2D eigenvalue weighted by atomic mass is 32.2. The fourth-order valence-electron chi connectivity index (χ4n) is 3.86. The first-order chi connectivity index (χ1) is 13.7. The van der Waals surface area contributed by atoms with Gasteiger partial charge >= 0.3 is 0 Å². The molecule has 1 aromatic heterocycles. The lowest BCUT2D eigenvalue weighted by molar-refractivity contribution is -0.119. The SMILES string of the molecule is CCOc1ccc(N2CCn3c(SCC(=O)NC4CCCCC4)nnc32)cc1. The van der Waals surface area contributed by atoms with Gasteiger partial charge in [-0.1, -0.05) is 31.0 Å².